The molecule has 0 saturated heterocycles. The second-order valence-electron chi connectivity index (χ2n) is 2.48. The van der Waals surface area contributed by atoms with Crippen molar-refractivity contribution in [2.75, 3.05) is 6.26 Å². The molecule has 0 aliphatic carbocycles. The van der Waals surface area contributed by atoms with Crippen LogP contribution in [0, 0.1) is 0 Å². The van der Waals surface area contributed by atoms with Crippen molar-refractivity contribution in [1.82, 2.24) is 10.1 Å². The van der Waals surface area contributed by atoms with Crippen molar-refractivity contribution < 1.29 is 4.52 Å². The highest BCUT2D eigenvalue weighted by atomic mass is 32.2. The fourth-order valence-corrected chi connectivity index (χ4v) is 1.34. The summed E-state index contributed by atoms with van der Waals surface area (Å²) in [6, 6.07) is 5.72. The van der Waals surface area contributed by atoms with Crippen LogP contribution in [0.2, 0.25) is 0 Å². The first-order chi connectivity index (χ1) is 6.40. The van der Waals surface area contributed by atoms with Crippen LogP contribution in [0.4, 0.5) is 0 Å². The summed E-state index contributed by atoms with van der Waals surface area (Å²) in [7, 11) is 0. The smallest absolute Gasteiger partial charge is 0.169 e. The molecule has 3 nitrogen and oxygen atoms in total. The van der Waals surface area contributed by atoms with Gasteiger partial charge in [0.2, 0.25) is 0 Å². The molecule has 66 valence electrons. The van der Waals surface area contributed by atoms with Crippen LogP contribution in [0.25, 0.3) is 11.3 Å². The normalized spacial score (nSPS) is 10.2. The van der Waals surface area contributed by atoms with Crippen LogP contribution in [0.3, 0.4) is 0 Å². The maximum Gasteiger partial charge on any atom is 0.169 e. The first-order valence-electron chi connectivity index (χ1n) is 3.81. The molecular formula is C9H8N2OS. The second kappa shape index (κ2) is 3.62. The lowest BCUT2D eigenvalue weighted by Crippen LogP contribution is -1.74. The van der Waals surface area contributed by atoms with E-state index in [1.165, 1.54) is 0 Å². The standard InChI is InChI=1S/C9H8N2OS/c1-13-9-5-8(12-11-9)7-3-2-4-10-6-7/h2-6H,1H3. The molecule has 13 heavy (non-hydrogen) atoms. The van der Waals surface area contributed by atoms with Crippen LogP contribution in [0.15, 0.2) is 40.1 Å². The minimum atomic E-state index is 0.762. The highest BCUT2D eigenvalue weighted by Gasteiger charge is 2.04. The van der Waals surface area contributed by atoms with Gasteiger partial charge in [-0.05, 0) is 18.4 Å². The molecule has 0 unspecified atom stereocenters. The number of thioether (sulfide) groups is 1. The lowest BCUT2D eigenvalue weighted by atomic mass is 10.2. The van der Waals surface area contributed by atoms with Crippen molar-refractivity contribution in [2.45, 2.75) is 5.03 Å². The number of nitrogens with zero attached hydrogens (tertiary/aromatic N) is 2. The summed E-state index contributed by atoms with van der Waals surface area (Å²) in [5.74, 6) is 0.762. The molecule has 0 radical (unpaired) electrons. The quantitative estimate of drug-likeness (QED) is 0.685. The van der Waals surface area contributed by atoms with Crippen LogP contribution in [-0.2, 0) is 0 Å². The molecule has 0 aliphatic rings. The van der Waals surface area contributed by atoms with E-state index < -0.39 is 0 Å². The zero-order valence-electron chi connectivity index (χ0n) is 7.10. The van der Waals surface area contributed by atoms with Crippen molar-refractivity contribution in [3.05, 3.63) is 30.6 Å². The van der Waals surface area contributed by atoms with Gasteiger partial charge in [-0.15, -0.1) is 11.8 Å². The third-order valence-electron chi connectivity index (χ3n) is 1.64. The maximum absolute atomic E-state index is 5.13. The number of hydrogen-bond acceptors (Lipinski definition) is 4. The Kier molecular flexibility index (Phi) is 2.31. The molecule has 0 aliphatic heterocycles. The van der Waals surface area contributed by atoms with Gasteiger partial charge in [0.1, 0.15) is 5.03 Å². The van der Waals surface area contributed by atoms with Crippen molar-refractivity contribution in [3.8, 4) is 11.3 Å². The minimum Gasteiger partial charge on any atom is -0.355 e. The Morgan fingerprint density at radius 3 is 3.00 bits per heavy atom. The Hall–Kier alpha value is -1.29. The third kappa shape index (κ3) is 1.72. The van der Waals surface area contributed by atoms with Crippen LogP contribution in [-0.4, -0.2) is 16.4 Å². The van der Waals surface area contributed by atoms with E-state index in [1.807, 2.05) is 24.5 Å². The average Bonchev–Trinajstić information content (AvgIpc) is 2.67. The molecule has 0 aromatic carbocycles. The molecule has 2 rings (SSSR count). The molecule has 4 heteroatoms. The van der Waals surface area contributed by atoms with E-state index in [0.29, 0.717) is 0 Å². The zero-order chi connectivity index (χ0) is 9.10. The van der Waals surface area contributed by atoms with E-state index in [0.717, 1.165) is 16.3 Å². The fourth-order valence-electron chi connectivity index (χ4n) is 1.000. The fraction of sp³-hybridized carbons (Fsp3) is 0.111. The predicted molar refractivity (Wildman–Crippen MR) is 51.5 cm³/mol. The molecular weight excluding hydrogens is 184 g/mol. The monoisotopic (exact) mass is 192 g/mol. The lowest BCUT2D eigenvalue weighted by molar-refractivity contribution is 0.415. The molecule has 0 bridgehead atoms. The van der Waals surface area contributed by atoms with Gasteiger partial charge in [0, 0.05) is 24.0 Å². The summed E-state index contributed by atoms with van der Waals surface area (Å²) in [6.45, 7) is 0. The Morgan fingerprint density at radius 1 is 1.46 bits per heavy atom. The highest BCUT2D eigenvalue weighted by molar-refractivity contribution is 7.98. The molecule has 2 aromatic rings. The second-order valence-corrected chi connectivity index (χ2v) is 3.30. The van der Waals surface area contributed by atoms with Gasteiger partial charge < -0.3 is 4.52 Å². The number of pyridine rings is 1. The van der Waals surface area contributed by atoms with E-state index in [1.54, 1.807) is 24.2 Å². The summed E-state index contributed by atoms with van der Waals surface area (Å²) in [4.78, 5) is 4.00. The molecule has 0 spiro atoms. The van der Waals surface area contributed by atoms with E-state index in [-0.39, 0.29) is 0 Å². The average molecular weight is 192 g/mol. The molecule has 2 aromatic heterocycles. The molecule has 0 atom stereocenters. The SMILES string of the molecule is CSc1cc(-c2cccnc2)on1. The van der Waals surface area contributed by atoms with E-state index in [9.17, 15) is 0 Å². The number of aromatic nitrogens is 2. The van der Waals surface area contributed by atoms with Crippen LogP contribution >= 0.6 is 11.8 Å². The van der Waals surface area contributed by atoms with Gasteiger partial charge in [-0.2, -0.15) is 0 Å². The molecule has 0 saturated carbocycles. The number of rotatable bonds is 2. The first-order valence-corrected chi connectivity index (χ1v) is 5.04. The summed E-state index contributed by atoms with van der Waals surface area (Å²) in [5.41, 5.74) is 0.954. The summed E-state index contributed by atoms with van der Waals surface area (Å²) in [6.07, 6.45) is 5.45. The van der Waals surface area contributed by atoms with E-state index in [4.69, 9.17) is 4.52 Å². The lowest BCUT2D eigenvalue weighted by Gasteiger charge is -1.90. The van der Waals surface area contributed by atoms with Gasteiger partial charge in [0.15, 0.2) is 5.76 Å². The van der Waals surface area contributed by atoms with Crippen LogP contribution in [0.5, 0.6) is 0 Å². The van der Waals surface area contributed by atoms with Crippen LogP contribution in [0.1, 0.15) is 0 Å². The van der Waals surface area contributed by atoms with Crippen molar-refractivity contribution in [3.63, 3.8) is 0 Å². The summed E-state index contributed by atoms with van der Waals surface area (Å²) in [5, 5.41) is 4.76. The highest BCUT2D eigenvalue weighted by Crippen LogP contribution is 2.22. The van der Waals surface area contributed by atoms with Crippen LogP contribution < -0.4 is 0 Å². The van der Waals surface area contributed by atoms with Gasteiger partial charge in [-0.25, -0.2) is 0 Å². The van der Waals surface area contributed by atoms with Crippen molar-refractivity contribution in [1.29, 1.82) is 0 Å². The molecule has 0 amide bonds. The molecule has 2 heterocycles. The topological polar surface area (TPSA) is 38.9 Å². The van der Waals surface area contributed by atoms with Gasteiger partial charge in [-0.3, -0.25) is 4.98 Å². The van der Waals surface area contributed by atoms with E-state index in [2.05, 4.69) is 10.1 Å². The van der Waals surface area contributed by atoms with Crippen molar-refractivity contribution >= 4 is 11.8 Å². The molecule has 0 N–H and O–H groups in total. The Balaban J connectivity index is 2.36. The first kappa shape index (κ1) is 8.31. The Morgan fingerprint density at radius 2 is 2.38 bits per heavy atom. The Labute approximate surface area is 80.2 Å². The van der Waals surface area contributed by atoms with E-state index >= 15 is 0 Å². The number of hydrogen-bond donors (Lipinski definition) is 0. The summed E-state index contributed by atoms with van der Waals surface area (Å²) < 4.78 is 5.13. The maximum atomic E-state index is 5.13. The minimum absolute atomic E-state index is 0.762. The zero-order valence-corrected chi connectivity index (χ0v) is 7.91. The van der Waals surface area contributed by atoms with Gasteiger partial charge in [-0.1, -0.05) is 5.16 Å². The summed E-state index contributed by atoms with van der Waals surface area (Å²) >= 11 is 1.56. The third-order valence-corrected chi connectivity index (χ3v) is 2.25. The van der Waals surface area contributed by atoms with Gasteiger partial charge >= 0.3 is 0 Å². The van der Waals surface area contributed by atoms with Crippen molar-refractivity contribution in [2.24, 2.45) is 0 Å². The molecule has 0 fully saturated rings. The van der Waals surface area contributed by atoms with Gasteiger partial charge in [0.05, 0.1) is 0 Å². The predicted octanol–water partition coefficient (Wildman–Crippen LogP) is 2.46. The largest absolute Gasteiger partial charge is 0.355 e. The van der Waals surface area contributed by atoms with Gasteiger partial charge in [0.25, 0.3) is 0 Å². The Bertz CT molecular complexity index is 386.